The smallest absolute Gasteiger partial charge is 0.244 e. The summed E-state index contributed by atoms with van der Waals surface area (Å²) >= 11 is 6.28. The van der Waals surface area contributed by atoms with Crippen LogP contribution in [-0.4, -0.2) is 57.1 Å². The van der Waals surface area contributed by atoms with Gasteiger partial charge in [-0.15, -0.1) is 0 Å². The Morgan fingerprint density at radius 3 is 2.33 bits per heavy atom. The van der Waals surface area contributed by atoms with Gasteiger partial charge in [-0.25, -0.2) is 8.42 Å². The first-order valence-corrected chi connectivity index (χ1v) is 16.3. The molecule has 1 aliphatic rings. The fourth-order valence-electron chi connectivity index (χ4n) is 5.34. The lowest BCUT2D eigenvalue weighted by atomic mass is 10.0. The highest BCUT2D eigenvalue weighted by atomic mass is 35.5. The zero-order valence-electron chi connectivity index (χ0n) is 24.3. The van der Waals surface area contributed by atoms with Crippen LogP contribution >= 0.6 is 11.6 Å². The minimum Gasteiger partial charge on any atom is -0.495 e. The first-order valence-electron chi connectivity index (χ1n) is 14.1. The molecule has 3 aromatic carbocycles. The molecule has 2 amide bonds. The van der Waals surface area contributed by atoms with Crippen molar-refractivity contribution in [2.45, 2.75) is 57.7 Å². The minimum atomic E-state index is -3.91. The largest absolute Gasteiger partial charge is 0.495 e. The van der Waals surface area contributed by atoms with E-state index in [-0.39, 0.29) is 30.6 Å². The lowest BCUT2D eigenvalue weighted by Crippen LogP contribution is -2.54. The fourth-order valence-corrected chi connectivity index (χ4v) is 6.40. The van der Waals surface area contributed by atoms with E-state index in [1.54, 1.807) is 36.4 Å². The van der Waals surface area contributed by atoms with Crippen LogP contribution in [0.3, 0.4) is 0 Å². The van der Waals surface area contributed by atoms with Crippen molar-refractivity contribution < 1.29 is 22.7 Å². The van der Waals surface area contributed by atoms with Crippen molar-refractivity contribution in [2.75, 3.05) is 24.2 Å². The van der Waals surface area contributed by atoms with Crippen LogP contribution in [0.1, 0.15) is 42.4 Å². The zero-order chi connectivity index (χ0) is 30.3. The third-order valence-electron chi connectivity index (χ3n) is 7.50. The number of anilines is 1. The summed E-state index contributed by atoms with van der Waals surface area (Å²) in [6, 6.07) is 20.9. The summed E-state index contributed by atoms with van der Waals surface area (Å²) in [5.74, 6) is -0.466. The van der Waals surface area contributed by atoms with Crippen LogP contribution in [0.5, 0.6) is 5.75 Å². The summed E-state index contributed by atoms with van der Waals surface area (Å²) in [5, 5.41) is 3.66. The highest BCUT2D eigenvalue weighted by molar-refractivity contribution is 7.92. The molecule has 3 aromatic rings. The number of hydrogen-bond donors (Lipinski definition) is 1. The maximum atomic E-state index is 14.3. The van der Waals surface area contributed by atoms with E-state index in [4.69, 9.17) is 16.3 Å². The third-order valence-corrected chi connectivity index (χ3v) is 8.86. The van der Waals surface area contributed by atoms with Crippen LogP contribution in [0.15, 0.2) is 72.8 Å². The number of hydrogen-bond acceptors (Lipinski definition) is 5. The van der Waals surface area contributed by atoms with E-state index >= 15 is 0 Å². The minimum absolute atomic E-state index is 0.0444. The van der Waals surface area contributed by atoms with E-state index in [1.165, 1.54) is 12.0 Å². The molecule has 0 unspecified atom stereocenters. The highest BCUT2D eigenvalue weighted by Crippen LogP contribution is 2.31. The number of nitrogens with one attached hydrogen (secondary N) is 1. The van der Waals surface area contributed by atoms with Gasteiger partial charge in [0.2, 0.25) is 21.8 Å². The van der Waals surface area contributed by atoms with Crippen molar-refractivity contribution in [1.29, 1.82) is 0 Å². The van der Waals surface area contributed by atoms with Gasteiger partial charge in [0.05, 0.1) is 19.1 Å². The van der Waals surface area contributed by atoms with Crippen molar-refractivity contribution in [3.63, 3.8) is 0 Å². The van der Waals surface area contributed by atoms with Gasteiger partial charge in [0.15, 0.2) is 0 Å². The number of carbonyl (C=O) groups excluding carboxylic acids is 2. The molecule has 0 aliphatic heterocycles. The first-order chi connectivity index (χ1) is 20.0. The Labute approximate surface area is 253 Å². The van der Waals surface area contributed by atoms with E-state index < -0.39 is 28.5 Å². The molecule has 224 valence electrons. The molecule has 1 saturated carbocycles. The Bertz CT molecular complexity index is 1490. The van der Waals surface area contributed by atoms with Gasteiger partial charge in [0.1, 0.15) is 18.3 Å². The Morgan fingerprint density at radius 2 is 1.69 bits per heavy atom. The van der Waals surface area contributed by atoms with Crippen LogP contribution in [0.2, 0.25) is 5.02 Å². The second-order valence-corrected chi connectivity index (χ2v) is 13.1. The molecule has 0 radical (unpaired) electrons. The Balaban J connectivity index is 1.76. The number of amides is 2. The number of methoxy groups -OCH3 is 1. The van der Waals surface area contributed by atoms with Gasteiger partial charge in [-0.05, 0) is 60.7 Å². The third kappa shape index (κ3) is 8.26. The van der Waals surface area contributed by atoms with Gasteiger partial charge in [-0.3, -0.25) is 13.9 Å². The number of benzene rings is 3. The highest BCUT2D eigenvalue weighted by Gasteiger charge is 2.35. The molecule has 0 heterocycles. The lowest BCUT2D eigenvalue weighted by Gasteiger charge is -2.34. The summed E-state index contributed by atoms with van der Waals surface area (Å²) < 4.78 is 32.7. The number of rotatable bonds is 12. The van der Waals surface area contributed by atoms with Crippen LogP contribution in [0.4, 0.5) is 5.69 Å². The van der Waals surface area contributed by atoms with Crippen molar-refractivity contribution >= 4 is 39.1 Å². The first kappa shape index (κ1) is 31.4. The molecule has 0 saturated heterocycles. The van der Waals surface area contributed by atoms with Crippen molar-refractivity contribution in [2.24, 2.45) is 0 Å². The molecule has 4 rings (SSSR count). The van der Waals surface area contributed by atoms with E-state index in [9.17, 15) is 18.0 Å². The van der Waals surface area contributed by atoms with E-state index in [0.717, 1.165) is 52.9 Å². The van der Waals surface area contributed by atoms with E-state index in [1.807, 2.05) is 43.3 Å². The van der Waals surface area contributed by atoms with Crippen LogP contribution < -0.4 is 14.4 Å². The molecule has 0 spiro atoms. The van der Waals surface area contributed by atoms with Gasteiger partial charge >= 0.3 is 0 Å². The molecule has 1 fully saturated rings. The predicted molar refractivity (Wildman–Crippen MR) is 166 cm³/mol. The second-order valence-electron chi connectivity index (χ2n) is 10.8. The number of halogens is 1. The molecule has 10 heteroatoms. The van der Waals surface area contributed by atoms with E-state index in [0.29, 0.717) is 10.8 Å². The quantitative estimate of drug-likeness (QED) is 0.307. The number of carbonyl (C=O) groups is 2. The average molecular weight is 612 g/mol. The Morgan fingerprint density at radius 1 is 1.00 bits per heavy atom. The Hall–Kier alpha value is -3.56. The van der Waals surface area contributed by atoms with Gasteiger partial charge in [-0.1, -0.05) is 73.0 Å². The molecular formula is C32H38ClN3O5S. The molecule has 0 bridgehead atoms. The van der Waals surface area contributed by atoms with Crippen LogP contribution in [0, 0.1) is 6.92 Å². The second kappa shape index (κ2) is 14.1. The molecule has 1 N–H and O–H groups in total. The zero-order valence-corrected chi connectivity index (χ0v) is 25.8. The van der Waals surface area contributed by atoms with Gasteiger partial charge < -0.3 is 15.0 Å². The van der Waals surface area contributed by atoms with Crippen LogP contribution in [0.25, 0.3) is 0 Å². The maximum absolute atomic E-state index is 14.3. The van der Waals surface area contributed by atoms with E-state index in [2.05, 4.69) is 5.32 Å². The molecule has 8 nitrogen and oxygen atoms in total. The average Bonchev–Trinajstić information content (AvgIpc) is 3.46. The summed E-state index contributed by atoms with van der Waals surface area (Å²) in [6.07, 6.45) is 5.18. The molecule has 1 atom stereocenters. The summed E-state index contributed by atoms with van der Waals surface area (Å²) in [6.45, 7) is 1.39. The van der Waals surface area contributed by atoms with Crippen molar-refractivity contribution in [3.05, 3.63) is 94.5 Å². The number of sulfonamides is 1. The van der Waals surface area contributed by atoms with Gasteiger partial charge in [0.25, 0.3) is 0 Å². The summed E-state index contributed by atoms with van der Waals surface area (Å²) in [7, 11) is -2.47. The number of nitrogens with zero attached hydrogens (tertiary/aromatic N) is 2. The van der Waals surface area contributed by atoms with Crippen molar-refractivity contribution in [3.8, 4) is 5.75 Å². The summed E-state index contributed by atoms with van der Waals surface area (Å²) in [5.41, 5.74) is 2.67. The number of aryl methyl sites for hydroxylation is 1. The predicted octanol–water partition coefficient (Wildman–Crippen LogP) is 5.12. The molecule has 42 heavy (non-hydrogen) atoms. The Kier molecular flexibility index (Phi) is 10.5. The topological polar surface area (TPSA) is 96.0 Å². The maximum Gasteiger partial charge on any atom is 0.244 e. The SMILES string of the molecule is COc1ccc(C)cc1N(CC(=O)N(Cc1cccc(Cl)c1)[C@H](Cc1ccccc1)C(=O)NC1CCCC1)S(C)(=O)=O. The molecular weight excluding hydrogens is 574 g/mol. The number of ether oxygens (including phenoxy) is 1. The van der Waals surface area contributed by atoms with Crippen molar-refractivity contribution in [1.82, 2.24) is 10.2 Å². The fraction of sp³-hybridized carbons (Fsp3) is 0.375. The van der Waals surface area contributed by atoms with Gasteiger partial charge in [-0.2, -0.15) is 0 Å². The monoisotopic (exact) mass is 611 g/mol. The molecule has 0 aromatic heterocycles. The van der Waals surface area contributed by atoms with Crippen LogP contribution in [-0.2, 0) is 32.6 Å². The van der Waals surface area contributed by atoms with Gasteiger partial charge in [0, 0.05) is 24.0 Å². The normalized spacial score (nSPS) is 14.3. The molecule has 1 aliphatic carbocycles. The summed E-state index contributed by atoms with van der Waals surface area (Å²) in [4.78, 5) is 29.7. The lowest BCUT2D eigenvalue weighted by molar-refractivity contribution is -0.140. The standard InChI is InChI=1S/C32H38ClN3O5S/c1-23-16-17-30(41-2)28(18-23)36(42(3,39)40)22-31(37)35(21-25-12-9-13-26(33)19-25)29(20-24-10-5-4-6-11-24)32(38)34-27-14-7-8-15-27/h4-6,9-13,16-19,27,29H,7-8,14-15,20-22H2,1-3H3,(H,34,38)/t29-/m1/s1.